The number of sulfonamides is 1. The number of nitrogens with one attached hydrogen (secondary N) is 1. The first-order valence-electron chi connectivity index (χ1n) is 9.23. The SMILES string of the molecule is CCOc1ccc(C2Nc3ccccc3S(=O)(=O)N2Cc2ccccc2)cc1. The molecule has 4 rings (SSSR count). The third-order valence-corrected chi connectivity index (χ3v) is 6.61. The number of para-hydroxylation sites is 1. The van der Waals surface area contributed by atoms with E-state index in [-0.39, 0.29) is 6.54 Å². The van der Waals surface area contributed by atoms with E-state index in [4.69, 9.17) is 4.74 Å². The van der Waals surface area contributed by atoms with Crippen molar-refractivity contribution in [3.05, 3.63) is 90.0 Å². The van der Waals surface area contributed by atoms with Gasteiger partial charge in [0.1, 0.15) is 16.8 Å². The summed E-state index contributed by atoms with van der Waals surface area (Å²) in [6, 6.07) is 24.2. The molecule has 0 aliphatic carbocycles. The van der Waals surface area contributed by atoms with Gasteiger partial charge in [-0.15, -0.1) is 0 Å². The topological polar surface area (TPSA) is 58.6 Å². The third kappa shape index (κ3) is 3.48. The Morgan fingerprint density at radius 2 is 1.61 bits per heavy atom. The van der Waals surface area contributed by atoms with Gasteiger partial charge in [0.05, 0.1) is 12.3 Å². The highest BCUT2D eigenvalue weighted by Crippen LogP contribution is 2.39. The van der Waals surface area contributed by atoms with Gasteiger partial charge in [-0.2, -0.15) is 4.31 Å². The van der Waals surface area contributed by atoms with Gasteiger partial charge < -0.3 is 10.1 Å². The molecule has 1 aliphatic heterocycles. The second kappa shape index (κ2) is 7.66. The molecule has 0 fully saturated rings. The van der Waals surface area contributed by atoms with Crippen LogP contribution in [0.1, 0.15) is 24.2 Å². The zero-order valence-electron chi connectivity index (χ0n) is 15.6. The minimum Gasteiger partial charge on any atom is -0.494 e. The zero-order valence-corrected chi connectivity index (χ0v) is 16.4. The predicted molar refractivity (Wildman–Crippen MR) is 110 cm³/mol. The van der Waals surface area contributed by atoms with Crippen molar-refractivity contribution in [3.63, 3.8) is 0 Å². The molecule has 5 nitrogen and oxygen atoms in total. The summed E-state index contributed by atoms with van der Waals surface area (Å²) >= 11 is 0. The normalized spacial score (nSPS) is 18.1. The van der Waals surface area contributed by atoms with Gasteiger partial charge in [0.15, 0.2) is 0 Å². The summed E-state index contributed by atoms with van der Waals surface area (Å²) < 4.78 is 33.9. The Bertz CT molecular complexity index is 1050. The fraction of sp³-hybridized carbons (Fsp3) is 0.182. The molecule has 0 aromatic heterocycles. The first-order valence-corrected chi connectivity index (χ1v) is 10.7. The first kappa shape index (κ1) is 18.5. The molecule has 1 aliphatic rings. The van der Waals surface area contributed by atoms with Crippen LogP contribution in [0.25, 0.3) is 0 Å². The lowest BCUT2D eigenvalue weighted by atomic mass is 10.1. The summed E-state index contributed by atoms with van der Waals surface area (Å²) in [6.45, 7) is 2.80. The fourth-order valence-electron chi connectivity index (χ4n) is 3.40. The Morgan fingerprint density at radius 1 is 0.929 bits per heavy atom. The maximum atomic E-state index is 13.4. The Kier molecular flexibility index (Phi) is 5.07. The van der Waals surface area contributed by atoms with Gasteiger partial charge in [0, 0.05) is 6.54 Å². The van der Waals surface area contributed by atoms with Crippen molar-refractivity contribution >= 4 is 15.7 Å². The molecule has 1 N–H and O–H groups in total. The van der Waals surface area contributed by atoms with Crippen molar-refractivity contribution in [1.82, 2.24) is 4.31 Å². The molecule has 0 saturated carbocycles. The summed E-state index contributed by atoms with van der Waals surface area (Å²) in [5.74, 6) is 0.764. The largest absolute Gasteiger partial charge is 0.494 e. The molecule has 3 aromatic carbocycles. The molecule has 0 spiro atoms. The second-order valence-electron chi connectivity index (χ2n) is 6.58. The highest BCUT2D eigenvalue weighted by atomic mass is 32.2. The molecule has 0 radical (unpaired) electrons. The van der Waals surface area contributed by atoms with E-state index in [2.05, 4.69) is 5.32 Å². The lowest BCUT2D eigenvalue weighted by Gasteiger charge is -2.37. The zero-order chi connectivity index (χ0) is 19.6. The average Bonchev–Trinajstić information content (AvgIpc) is 2.72. The molecular formula is C22H22N2O3S. The molecule has 28 heavy (non-hydrogen) atoms. The number of hydrogen-bond acceptors (Lipinski definition) is 4. The molecule has 1 unspecified atom stereocenters. The summed E-state index contributed by atoms with van der Waals surface area (Å²) in [5, 5.41) is 3.40. The Morgan fingerprint density at radius 3 is 2.32 bits per heavy atom. The Balaban J connectivity index is 1.77. The van der Waals surface area contributed by atoms with Crippen LogP contribution in [-0.2, 0) is 16.6 Å². The molecule has 144 valence electrons. The highest BCUT2D eigenvalue weighted by Gasteiger charge is 2.38. The van der Waals surface area contributed by atoms with E-state index in [0.717, 1.165) is 16.9 Å². The maximum Gasteiger partial charge on any atom is 0.247 e. The van der Waals surface area contributed by atoms with Crippen LogP contribution in [0.2, 0.25) is 0 Å². The quantitative estimate of drug-likeness (QED) is 0.697. The molecular weight excluding hydrogens is 372 g/mol. The maximum absolute atomic E-state index is 13.4. The van der Waals surface area contributed by atoms with E-state index < -0.39 is 16.2 Å². The van der Waals surface area contributed by atoms with E-state index in [9.17, 15) is 8.42 Å². The predicted octanol–water partition coefficient (Wildman–Crippen LogP) is 4.40. The Hall–Kier alpha value is -2.83. The summed E-state index contributed by atoms with van der Waals surface area (Å²) in [7, 11) is -3.66. The number of nitrogens with zero attached hydrogens (tertiary/aromatic N) is 1. The summed E-state index contributed by atoms with van der Waals surface area (Å²) in [5.41, 5.74) is 2.41. The molecule has 1 atom stereocenters. The lowest BCUT2D eigenvalue weighted by molar-refractivity contribution is 0.332. The molecule has 0 bridgehead atoms. The smallest absolute Gasteiger partial charge is 0.247 e. The van der Waals surface area contributed by atoms with E-state index in [0.29, 0.717) is 17.2 Å². The van der Waals surface area contributed by atoms with Crippen LogP contribution in [0.4, 0.5) is 5.69 Å². The first-order chi connectivity index (χ1) is 13.6. The van der Waals surface area contributed by atoms with Gasteiger partial charge in [-0.3, -0.25) is 0 Å². The van der Waals surface area contributed by atoms with Crippen LogP contribution in [0.5, 0.6) is 5.75 Å². The number of hydrogen-bond donors (Lipinski definition) is 1. The van der Waals surface area contributed by atoms with Crippen LogP contribution in [-0.4, -0.2) is 19.3 Å². The van der Waals surface area contributed by atoms with Gasteiger partial charge in [-0.1, -0.05) is 54.6 Å². The van der Waals surface area contributed by atoms with Gasteiger partial charge in [0.25, 0.3) is 0 Å². The minimum absolute atomic E-state index is 0.280. The Labute approximate surface area is 165 Å². The van der Waals surface area contributed by atoms with Crippen molar-refractivity contribution in [2.45, 2.75) is 24.5 Å². The molecule has 0 saturated heterocycles. The molecule has 1 heterocycles. The van der Waals surface area contributed by atoms with E-state index in [1.807, 2.05) is 67.6 Å². The lowest BCUT2D eigenvalue weighted by Crippen LogP contribution is -2.42. The van der Waals surface area contributed by atoms with Crippen LogP contribution >= 0.6 is 0 Å². The van der Waals surface area contributed by atoms with E-state index in [1.54, 1.807) is 18.2 Å². The van der Waals surface area contributed by atoms with Gasteiger partial charge >= 0.3 is 0 Å². The second-order valence-corrected chi connectivity index (χ2v) is 8.44. The fourth-order valence-corrected chi connectivity index (χ4v) is 5.08. The van der Waals surface area contributed by atoms with Crippen LogP contribution in [0.15, 0.2) is 83.8 Å². The number of anilines is 1. The van der Waals surface area contributed by atoms with Crippen LogP contribution in [0, 0.1) is 0 Å². The molecule has 6 heteroatoms. The monoisotopic (exact) mass is 394 g/mol. The van der Waals surface area contributed by atoms with Crippen molar-refractivity contribution in [3.8, 4) is 5.75 Å². The standard InChI is InChI=1S/C22H22N2O3S/c1-2-27-19-14-12-18(13-15-19)22-23-20-10-6-7-11-21(20)28(25,26)24(22)16-17-8-4-3-5-9-17/h3-15,22-23H,2,16H2,1H3. The van der Waals surface area contributed by atoms with E-state index in [1.165, 1.54) is 4.31 Å². The van der Waals surface area contributed by atoms with Crippen molar-refractivity contribution in [2.24, 2.45) is 0 Å². The average molecular weight is 394 g/mol. The molecule has 3 aromatic rings. The van der Waals surface area contributed by atoms with Gasteiger partial charge in [-0.25, -0.2) is 8.42 Å². The van der Waals surface area contributed by atoms with Crippen LogP contribution in [0.3, 0.4) is 0 Å². The van der Waals surface area contributed by atoms with Crippen molar-refractivity contribution in [1.29, 1.82) is 0 Å². The minimum atomic E-state index is -3.66. The van der Waals surface area contributed by atoms with Crippen LogP contribution < -0.4 is 10.1 Å². The van der Waals surface area contributed by atoms with Crippen molar-refractivity contribution in [2.75, 3.05) is 11.9 Å². The highest BCUT2D eigenvalue weighted by molar-refractivity contribution is 7.89. The number of fused-ring (bicyclic) bond motifs is 1. The number of rotatable bonds is 5. The third-order valence-electron chi connectivity index (χ3n) is 4.74. The van der Waals surface area contributed by atoms with Gasteiger partial charge in [-0.05, 0) is 42.3 Å². The number of ether oxygens (including phenoxy) is 1. The summed E-state index contributed by atoms with van der Waals surface area (Å²) in [6.07, 6.45) is -0.504. The molecule has 0 amide bonds. The van der Waals surface area contributed by atoms with Gasteiger partial charge in [0.2, 0.25) is 10.0 Å². The van der Waals surface area contributed by atoms with E-state index >= 15 is 0 Å². The van der Waals surface area contributed by atoms with Crippen molar-refractivity contribution < 1.29 is 13.2 Å². The number of benzene rings is 3. The summed E-state index contributed by atoms with van der Waals surface area (Å²) in [4.78, 5) is 0.299.